The van der Waals surface area contributed by atoms with Gasteiger partial charge in [-0.15, -0.1) is 0 Å². The maximum Gasteiger partial charge on any atom is 0.0779 e. The quantitative estimate of drug-likeness (QED) is 0.769. The van der Waals surface area contributed by atoms with E-state index in [9.17, 15) is 0 Å². The van der Waals surface area contributed by atoms with Gasteiger partial charge in [0.2, 0.25) is 0 Å². The van der Waals surface area contributed by atoms with Gasteiger partial charge >= 0.3 is 0 Å². The number of hydrogen-bond acceptors (Lipinski definition) is 3. The standard InChI is InChI=1S/C12H23NO2/c1-10(11-4-7-14-8-11)13-9-12(2)5-3-6-15-12/h10-11,13H,3-9H2,1-2H3. The van der Waals surface area contributed by atoms with Crippen molar-refractivity contribution in [3.63, 3.8) is 0 Å². The summed E-state index contributed by atoms with van der Waals surface area (Å²) in [5, 5.41) is 3.60. The third-order valence-electron chi connectivity index (χ3n) is 3.77. The monoisotopic (exact) mass is 213 g/mol. The van der Waals surface area contributed by atoms with Crippen LogP contribution in [0.2, 0.25) is 0 Å². The highest BCUT2D eigenvalue weighted by Crippen LogP contribution is 2.25. The molecule has 1 N–H and O–H groups in total. The van der Waals surface area contributed by atoms with Crippen LogP contribution in [0.1, 0.15) is 33.1 Å². The van der Waals surface area contributed by atoms with E-state index in [2.05, 4.69) is 19.2 Å². The van der Waals surface area contributed by atoms with Crippen LogP contribution in [-0.2, 0) is 9.47 Å². The minimum absolute atomic E-state index is 0.0771. The molecular weight excluding hydrogens is 190 g/mol. The number of rotatable bonds is 4. The smallest absolute Gasteiger partial charge is 0.0779 e. The van der Waals surface area contributed by atoms with Gasteiger partial charge in [0.05, 0.1) is 12.2 Å². The first-order valence-electron chi connectivity index (χ1n) is 6.15. The highest BCUT2D eigenvalue weighted by Gasteiger charge is 2.31. The fourth-order valence-corrected chi connectivity index (χ4v) is 2.47. The summed E-state index contributed by atoms with van der Waals surface area (Å²) in [6.45, 7) is 8.24. The second-order valence-corrected chi connectivity index (χ2v) is 5.20. The van der Waals surface area contributed by atoms with Crippen molar-refractivity contribution >= 4 is 0 Å². The number of ether oxygens (including phenoxy) is 2. The van der Waals surface area contributed by atoms with E-state index in [4.69, 9.17) is 9.47 Å². The van der Waals surface area contributed by atoms with E-state index in [0.717, 1.165) is 26.4 Å². The van der Waals surface area contributed by atoms with Gasteiger partial charge in [-0.3, -0.25) is 0 Å². The Hall–Kier alpha value is -0.120. The Morgan fingerprint density at radius 2 is 2.33 bits per heavy atom. The highest BCUT2D eigenvalue weighted by atomic mass is 16.5. The number of hydrogen-bond donors (Lipinski definition) is 1. The zero-order valence-electron chi connectivity index (χ0n) is 9.92. The molecule has 3 atom stereocenters. The first-order chi connectivity index (χ1) is 7.20. The molecule has 0 radical (unpaired) electrons. The average Bonchev–Trinajstić information content (AvgIpc) is 2.85. The van der Waals surface area contributed by atoms with Crippen LogP contribution >= 0.6 is 0 Å². The van der Waals surface area contributed by atoms with Gasteiger partial charge in [-0.05, 0) is 39.0 Å². The van der Waals surface area contributed by atoms with Gasteiger partial charge < -0.3 is 14.8 Å². The lowest BCUT2D eigenvalue weighted by atomic mass is 9.98. The summed E-state index contributed by atoms with van der Waals surface area (Å²) in [5.74, 6) is 0.690. The maximum atomic E-state index is 5.76. The van der Waals surface area contributed by atoms with Crippen LogP contribution in [0.3, 0.4) is 0 Å². The summed E-state index contributed by atoms with van der Waals surface area (Å²) >= 11 is 0. The Labute approximate surface area is 92.5 Å². The third kappa shape index (κ3) is 2.92. The summed E-state index contributed by atoms with van der Waals surface area (Å²) in [7, 11) is 0. The van der Waals surface area contributed by atoms with Crippen LogP contribution in [0.25, 0.3) is 0 Å². The molecule has 2 fully saturated rings. The van der Waals surface area contributed by atoms with Crippen molar-refractivity contribution in [3.8, 4) is 0 Å². The SMILES string of the molecule is CC(NCC1(C)CCCO1)C1CCOC1. The van der Waals surface area contributed by atoms with Crippen molar-refractivity contribution in [2.24, 2.45) is 5.92 Å². The first-order valence-corrected chi connectivity index (χ1v) is 6.15. The third-order valence-corrected chi connectivity index (χ3v) is 3.77. The Balaban J connectivity index is 1.72. The topological polar surface area (TPSA) is 30.5 Å². The highest BCUT2D eigenvalue weighted by molar-refractivity contribution is 4.85. The molecule has 88 valence electrons. The molecule has 2 aliphatic rings. The Bertz CT molecular complexity index is 196. The summed E-state index contributed by atoms with van der Waals surface area (Å²) in [5.41, 5.74) is 0.0771. The zero-order valence-corrected chi connectivity index (χ0v) is 9.92. The molecule has 0 aromatic heterocycles. The van der Waals surface area contributed by atoms with E-state index < -0.39 is 0 Å². The molecule has 3 heteroatoms. The molecule has 2 rings (SSSR count). The number of nitrogens with one attached hydrogen (secondary N) is 1. The van der Waals surface area contributed by atoms with Gasteiger partial charge in [0.1, 0.15) is 0 Å². The predicted molar refractivity (Wildman–Crippen MR) is 60.0 cm³/mol. The first kappa shape index (κ1) is 11.4. The molecular formula is C12H23NO2. The molecule has 2 heterocycles. The molecule has 2 saturated heterocycles. The van der Waals surface area contributed by atoms with E-state index >= 15 is 0 Å². The fraction of sp³-hybridized carbons (Fsp3) is 1.00. The molecule has 3 unspecified atom stereocenters. The van der Waals surface area contributed by atoms with E-state index in [0.29, 0.717) is 12.0 Å². The van der Waals surface area contributed by atoms with Gasteiger partial charge in [-0.2, -0.15) is 0 Å². The Morgan fingerprint density at radius 3 is 2.93 bits per heavy atom. The fourth-order valence-electron chi connectivity index (χ4n) is 2.47. The molecule has 15 heavy (non-hydrogen) atoms. The molecule has 0 aromatic carbocycles. The minimum Gasteiger partial charge on any atom is -0.381 e. The van der Waals surface area contributed by atoms with E-state index in [1.807, 2.05) is 0 Å². The van der Waals surface area contributed by atoms with Crippen molar-refractivity contribution < 1.29 is 9.47 Å². The van der Waals surface area contributed by atoms with Crippen LogP contribution in [-0.4, -0.2) is 38.0 Å². The summed E-state index contributed by atoms with van der Waals surface area (Å²) in [6, 6.07) is 0.550. The van der Waals surface area contributed by atoms with E-state index in [1.165, 1.54) is 19.3 Å². The summed E-state index contributed by atoms with van der Waals surface area (Å²) in [6.07, 6.45) is 3.60. The van der Waals surface area contributed by atoms with Crippen molar-refractivity contribution in [1.29, 1.82) is 0 Å². The average molecular weight is 213 g/mol. The molecule has 0 aliphatic carbocycles. The molecule has 0 bridgehead atoms. The molecule has 2 aliphatic heterocycles. The second kappa shape index (κ2) is 4.81. The molecule has 0 saturated carbocycles. The lowest BCUT2D eigenvalue weighted by molar-refractivity contribution is 0.0175. The maximum absolute atomic E-state index is 5.76. The van der Waals surface area contributed by atoms with Gasteiger partial charge in [-0.1, -0.05) is 0 Å². The van der Waals surface area contributed by atoms with Crippen LogP contribution in [0.5, 0.6) is 0 Å². The summed E-state index contributed by atoms with van der Waals surface area (Å²) < 4.78 is 11.2. The largest absolute Gasteiger partial charge is 0.381 e. The Morgan fingerprint density at radius 1 is 1.47 bits per heavy atom. The van der Waals surface area contributed by atoms with Gasteiger partial charge in [0, 0.05) is 25.8 Å². The summed E-state index contributed by atoms with van der Waals surface area (Å²) in [4.78, 5) is 0. The van der Waals surface area contributed by atoms with Crippen LogP contribution in [0.15, 0.2) is 0 Å². The van der Waals surface area contributed by atoms with Gasteiger partial charge in [0.15, 0.2) is 0 Å². The molecule has 0 amide bonds. The lowest BCUT2D eigenvalue weighted by Crippen LogP contribution is -2.44. The van der Waals surface area contributed by atoms with E-state index in [-0.39, 0.29) is 5.60 Å². The zero-order chi connectivity index (χ0) is 10.7. The van der Waals surface area contributed by atoms with Crippen molar-refractivity contribution in [2.45, 2.75) is 44.8 Å². The van der Waals surface area contributed by atoms with Crippen LogP contribution < -0.4 is 5.32 Å². The van der Waals surface area contributed by atoms with E-state index in [1.54, 1.807) is 0 Å². The van der Waals surface area contributed by atoms with Crippen molar-refractivity contribution in [1.82, 2.24) is 5.32 Å². The molecule has 0 aromatic rings. The Kier molecular flexibility index (Phi) is 3.65. The van der Waals surface area contributed by atoms with Crippen LogP contribution in [0.4, 0.5) is 0 Å². The minimum atomic E-state index is 0.0771. The molecule has 3 nitrogen and oxygen atoms in total. The van der Waals surface area contributed by atoms with Crippen molar-refractivity contribution in [2.75, 3.05) is 26.4 Å². The predicted octanol–water partition coefficient (Wildman–Crippen LogP) is 1.57. The van der Waals surface area contributed by atoms with Crippen molar-refractivity contribution in [3.05, 3.63) is 0 Å². The van der Waals surface area contributed by atoms with Crippen LogP contribution in [0, 0.1) is 5.92 Å². The van der Waals surface area contributed by atoms with Gasteiger partial charge in [0.25, 0.3) is 0 Å². The van der Waals surface area contributed by atoms with Gasteiger partial charge in [-0.25, -0.2) is 0 Å². The molecule has 0 spiro atoms. The normalized spacial score (nSPS) is 38.4. The lowest BCUT2D eigenvalue weighted by Gasteiger charge is -2.27. The second-order valence-electron chi connectivity index (χ2n) is 5.20.